The molecular weight excluding hydrogens is 409 g/mol. The first-order chi connectivity index (χ1) is 15.5. The van der Waals surface area contributed by atoms with Gasteiger partial charge in [-0.05, 0) is 24.5 Å². The van der Waals surface area contributed by atoms with E-state index in [0.717, 1.165) is 5.56 Å². The standard InChI is InChI=1S/C25H30FN3O3/c1-27-23(30)22-18-29(14-13-28(22)17-19-7-3-2-4-8-19)24(31)25(11-15-32-16-12-25)20-9-5-6-10-21(20)26/h2-10,22H,11-18H2,1H3,(H,27,30)/t22-/m1/s1. The van der Waals surface area contributed by atoms with E-state index in [1.165, 1.54) is 6.07 Å². The third kappa shape index (κ3) is 4.40. The van der Waals surface area contributed by atoms with Gasteiger partial charge in [-0.25, -0.2) is 4.39 Å². The predicted octanol–water partition coefficient (Wildman–Crippen LogP) is 2.33. The van der Waals surface area contributed by atoms with Crippen molar-refractivity contribution in [2.45, 2.75) is 30.8 Å². The Labute approximate surface area is 188 Å². The van der Waals surface area contributed by atoms with Crippen LogP contribution in [0.4, 0.5) is 4.39 Å². The Kier molecular flexibility index (Phi) is 6.86. The molecule has 1 N–H and O–H groups in total. The fourth-order valence-electron chi connectivity index (χ4n) is 4.90. The molecular formula is C25H30FN3O3. The highest BCUT2D eigenvalue weighted by atomic mass is 19.1. The number of hydrogen-bond donors (Lipinski definition) is 1. The number of ether oxygens (including phenoxy) is 1. The number of carbonyl (C=O) groups excluding carboxylic acids is 2. The lowest BCUT2D eigenvalue weighted by molar-refractivity contribution is -0.146. The molecule has 2 aromatic carbocycles. The molecule has 0 unspecified atom stereocenters. The average molecular weight is 440 g/mol. The van der Waals surface area contributed by atoms with Gasteiger partial charge in [-0.3, -0.25) is 14.5 Å². The number of carbonyl (C=O) groups is 2. The Morgan fingerprint density at radius 1 is 1.06 bits per heavy atom. The number of halogens is 1. The molecule has 0 aliphatic carbocycles. The van der Waals surface area contributed by atoms with E-state index in [2.05, 4.69) is 10.2 Å². The molecule has 2 aromatic rings. The van der Waals surface area contributed by atoms with Crippen molar-refractivity contribution in [3.05, 3.63) is 71.5 Å². The van der Waals surface area contributed by atoms with Gasteiger partial charge in [0.1, 0.15) is 11.9 Å². The zero-order valence-corrected chi connectivity index (χ0v) is 18.4. The van der Waals surface area contributed by atoms with Crippen molar-refractivity contribution < 1.29 is 18.7 Å². The Bertz CT molecular complexity index is 946. The number of rotatable bonds is 5. The summed E-state index contributed by atoms with van der Waals surface area (Å²) in [5.41, 5.74) is 0.586. The predicted molar refractivity (Wildman–Crippen MR) is 119 cm³/mol. The number of likely N-dealkylation sites (N-methyl/N-ethyl adjacent to an activating group) is 1. The number of nitrogens with zero attached hydrogens (tertiary/aromatic N) is 2. The quantitative estimate of drug-likeness (QED) is 0.777. The van der Waals surface area contributed by atoms with Crippen molar-refractivity contribution in [1.29, 1.82) is 0 Å². The molecule has 2 heterocycles. The maximum absolute atomic E-state index is 14.8. The summed E-state index contributed by atoms with van der Waals surface area (Å²) in [6.45, 7) is 2.80. The van der Waals surface area contributed by atoms with Crippen LogP contribution in [0.5, 0.6) is 0 Å². The van der Waals surface area contributed by atoms with Crippen molar-refractivity contribution in [3.63, 3.8) is 0 Å². The maximum atomic E-state index is 14.8. The van der Waals surface area contributed by atoms with Gasteiger partial charge in [-0.2, -0.15) is 0 Å². The number of amides is 2. The summed E-state index contributed by atoms with van der Waals surface area (Å²) in [5, 5.41) is 2.74. The lowest BCUT2D eigenvalue weighted by Gasteiger charge is -2.45. The molecule has 7 heteroatoms. The number of nitrogens with one attached hydrogen (secondary N) is 1. The molecule has 2 aliphatic heterocycles. The van der Waals surface area contributed by atoms with Crippen LogP contribution in [0.15, 0.2) is 54.6 Å². The highest BCUT2D eigenvalue weighted by molar-refractivity contribution is 5.90. The number of piperazine rings is 1. The van der Waals surface area contributed by atoms with Crippen LogP contribution in [0, 0.1) is 5.82 Å². The molecule has 2 aliphatic rings. The van der Waals surface area contributed by atoms with Gasteiger partial charge in [0.15, 0.2) is 0 Å². The van der Waals surface area contributed by atoms with Crippen molar-refractivity contribution >= 4 is 11.8 Å². The second-order valence-electron chi connectivity index (χ2n) is 8.51. The third-order valence-corrected chi connectivity index (χ3v) is 6.70. The molecule has 170 valence electrons. The van der Waals surface area contributed by atoms with Gasteiger partial charge in [-0.1, -0.05) is 48.5 Å². The summed E-state index contributed by atoms with van der Waals surface area (Å²) in [6, 6.07) is 16.1. The molecule has 32 heavy (non-hydrogen) atoms. The zero-order valence-electron chi connectivity index (χ0n) is 18.4. The summed E-state index contributed by atoms with van der Waals surface area (Å²) in [4.78, 5) is 30.5. The van der Waals surface area contributed by atoms with E-state index in [9.17, 15) is 14.0 Å². The molecule has 0 bridgehead atoms. The van der Waals surface area contributed by atoms with E-state index >= 15 is 0 Å². The Morgan fingerprint density at radius 2 is 1.75 bits per heavy atom. The van der Waals surface area contributed by atoms with Crippen molar-refractivity contribution in [2.24, 2.45) is 0 Å². The van der Waals surface area contributed by atoms with E-state index in [1.54, 1.807) is 30.1 Å². The number of benzene rings is 2. The minimum Gasteiger partial charge on any atom is -0.381 e. The fourth-order valence-corrected chi connectivity index (χ4v) is 4.90. The van der Waals surface area contributed by atoms with E-state index in [4.69, 9.17) is 4.74 Å². The van der Waals surface area contributed by atoms with E-state index in [0.29, 0.717) is 51.3 Å². The Morgan fingerprint density at radius 3 is 2.44 bits per heavy atom. The normalized spacial score (nSPS) is 21.2. The maximum Gasteiger partial charge on any atom is 0.238 e. The lowest BCUT2D eigenvalue weighted by Crippen LogP contribution is -2.62. The van der Waals surface area contributed by atoms with Crippen LogP contribution < -0.4 is 5.32 Å². The minimum atomic E-state index is -0.960. The number of hydrogen-bond acceptors (Lipinski definition) is 4. The van der Waals surface area contributed by atoms with Gasteiger partial charge < -0.3 is 15.0 Å². The van der Waals surface area contributed by atoms with Gasteiger partial charge in [0.2, 0.25) is 11.8 Å². The molecule has 6 nitrogen and oxygen atoms in total. The second-order valence-corrected chi connectivity index (χ2v) is 8.51. The van der Waals surface area contributed by atoms with Crippen molar-refractivity contribution in [3.8, 4) is 0 Å². The van der Waals surface area contributed by atoms with E-state index < -0.39 is 11.5 Å². The van der Waals surface area contributed by atoms with Crippen molar-refractivity contribution in [2.75, 3.05) is 39.9 Å². The Balaban J connectivity index is 1.59. The Hall–Kier alpha value is -2.77. The summed E-state index contributed by atoms with van der Waals surface area (Å²) in [6.07, 6.45) is 0.864. The topological polar surface area (TPSA) is 61.9 Å². The first kappa shape index (κ1) is 22.4. The summed E-state index contributed by atoms with van der Waals surface area (Å²) < 4.78 is 20.3. The van der Waals surface area contributed by atoms with Crippen LogP contribution >= 0.6 is 0 Å². The van der Waals surface area contributed by atoms with Crippen molar-refractivity contribution in [1.82, 2.24) is 15.1 Å². The average Bonchev–Trinajstić information content (AvgIpc) is 2.84. The highest BCUT2D eigenvalue weighted by Crippen LogP contribution is 2.38. The van der Waals surface area contributed by atoms with Crippen LogP contribution in [0.1, 0.15) is 24.0 Å². The van der Waals surface area contributed by atoms with E-state index in [-0.39, 0.29) is 24.2 Å². The van der Waals surface area contributed by atoms with Crippen LogP contribution in [0.2, 0.25) is 0 Å². The molecule has 2 fully saturated rings. The molecule has 0 spiro atoms. The smallest absolute Gasteiger partial charge is 0.238 e. The molecule has 0 radical (unpaired) electrons. The highest BCUT2D eigenvalue weighted by Gasteiger charge is 2.47. The zero-order chi connectivity index (χ0) is 22.6. The van der Waals surface area contributed by atoms with Crippen LogP contribution in [-0.2, 0) is 26.3 Å². The van der Waals surface area contributed by atoms with Crippen LogP contribution in [0.3, 0.4) is 0 Å². The second kappa shape index (κ2) is 9.79. The fraction of sp³-hybridized carbons (Fsp3) is 0.440. The van der Waals surface area contributed by atoms with Gasteiger partial charge in [0, 0.05) is 52.0 Å². The first-order valence-electron chi connectivity index (χ1n) is 11.2. The SMILES string of the molecule is CNC(=O)[C@H]1CN(C(=O)C2(c3ccccc3F)CCOCC2)CCN1Cc1ccccc1. The van der Waals surface area contributed by atoms with E-state index in [1.807, 2.05) is 30.3 Å². The summed E-state index contributed by atoms with van der Waals surface area (Å²) >= 11 is 0. The third-order valence-electron chi connectivity index (χ3n) is 6.70. The summed E-state index contributed by atoms with van der Waals surface area (Å²) in [7, 11) is 1.61. The minimum absolute atomic E-state index is 0.112. The summed E-state index contributed by atoms with van der Waals surface area (Å²) in [5.74, 6) is -0.599. The van der Waals surface area contributed by atoms with Gasteiger partial charge in [0.25, 0.3) is 0 Å². The molecule has 2 saturated heterocycles. The van der Waals surface area contributed by atoms with Crippen LogP contribution in [-0.4, -0.2) is 67.6 Å². The van der Waals surface area contributed by atoms with Gasteiger partial charge in [0.05, 0.1) is 5.41 Å². The van der Waals surface area contributed by atoms with Crippen LogP contribution in [0.25, 0.3) is 0 Å². The monoisotopic (exact) mass is 439 g/mol. The largest absolute Gasteiger partial charge is 0.381 e. The lowest BCUT2D eigenvalue weighted by atomic mass is 9.72. The first-order valence-corrected chi connectivity index (χ1v) is 11.2. The molecule has 2 amide bonds. The van der Waals surface area contributed by atoms with Gasteiger partial charge >= 0.3 is 0 Å². The molecule has 1 atom stereocenters. The van der Waals surface area contributed by atoms with Gasteiger partial charge in [-0.15, -0.1) is 0 Å². The molecule has 0 saturated carbocycles. The molecule has 4 rings (SSSR count). The molecule has 0 aromatic heterocycles.